The average Bonchev–Trinajstić information content (AvgIpc) is 3.02. The number of carbonyl (C=O) groups is 1. The fourth-order valence-electron chi connectivity index (χ4n) is 2.71. The van der Waals surface area contributed by atoms with Crippen LogP contribution in [0, 0.1) is 5.82 Å². The number of pyridine rings is 1. The first kappa shape index (κ1) is 19.4. The predicted molar refractivity (Wildman–Crippen MR) is 108 cm³/mol. The number of carboxylic acid groups (broad SMARTS) is 1. The highest BCUT2D eigenvalue weighted by Gasteiger charge is 2.31. The number of thioether (sulfide) groups is 1. The number of aliphatic carboxylic acids is 1. The van der Waals surface area contributed by atoms with E-state index in [-0.39, 0.29) is 10.4 Å². The van der Waals surface area contributed by atoms with Gasteiger partial charge in [-0.1, -0.05) is 50.7 Å². The lowest BCUT2D eigenvalue weighted by Gasteiger charge is -2.19. The number of nitrogens with zero attached hydrogens (tertiary/aromatic N) is 1. The summed E-state index contributed by atoms with van der Waals surface area (Å²) in [5.41, 5.74) is 3.56. The molecule has 2 N–H and O–H groups in total. The largest absolute Gasteiger partial charge is 0.480 e. The number of fused-ring (bicyclic) bond motifs is 1. The summed E-state index contributed by atoms with van der Waals surface area (Å²) in [6.07, 6.45) is 1.55. The molecule has 0 atom stereocenters. The molecule has 2 aromatic heterocycles. The van der Waals surface area contributed by atoms with E-state index in [0.717, 1.165) is 23.0 Å². The second-order valence-electron chi connectivity index (χ2n) is 8.14. The lowest BCUT2D eigenvalue weighted by atomic mass is 9.86. The van der Waals surface area contributed by atoms with E-state index in [1.165, 1.54) is 19.4 Å². The van der Waals surface area contributed by atoms with Gasteiger partial charge < -0.3 is 10.1 Å². The average molecular weight is 386 g/mol. The molecule has 27 heavy (non-hydrogen) atoms. The molecule has 0 saturated heterocycles. The second-order valence-corrected chi connectivity index (χ2v) is 9.75. The highest BCUT2D eigenvalue weighted by Crippen LogP contribution is 2.36. The van der Waals surface area contributed by atoms with Crippen LogP contribution in [0.2, 0.25) is 0 Å². The maximum Gasteiger partial charge on any atom is 0.319 e. The van der Waals surface area contributed by atoms with Crippen LogP contribution in [0.4, 0.5) is 4.39 Å². The molecule has 142 valence electrons. The van der Waals surface area contributed by atoms with Gasteiger partial charge in [0.15, 0.2) is 5.82 Å². The maximum atomic E-state index is 15.0. The van der Waals surface area contributed by atoms with Crippen molar-refractivity contribution in [3.8, 4) is 11.3 Å². The van der Waals surface area contributed by atoms with Crippen molar-refractivity contribution in [2.24, 2.45) is 0 Å². The van der Waals surface area contributed by atoms with E-state index >= 15 is 0 Å². The predicted octanol–water partition coefficient (Wildman–Crippen LogP) is 5.62. The lowest BCUT2D eigenvalue weighted by molar-refractivity contribution is -0.138. The molecule has 0 aliphatic rings. The molecule has 0 amide bonds. The standard InChI is InChI=1S/C21H23FN2O2S/c1-20(2,3)13-8-6-7-12(9-13)15-10-14-16(24-15)11-23-18(17(14)22)27-21(4,5)19(25)26/h6-11,24H,1-5H3,(H,25,26). The number of H-pyrrole nitrogens is 1. The van der Waals surface area contributed by atoms with Crippen LogP contribution >= 0.6 is 11.8 Å². The van der Waals surface area contributed by atoms with Gasteiger partial charge in [-0.3, -0.25) is 4.79 Å². The number of benzene rings is 1. The summed E-state index contributed by atoms with van der Waals surface area (Å²) in [7, 11) is 0. The van der Waals surface area contributed by atoms with Gasteiger partial charge in [0.2, 0.25) is 0 Å². The van der Waals surface area contributed by atoms with Crippen molar-refractivity contribution < 1.29 is 14.3 Å². The summed E-state index contributed by atoms with van der Waals surface area (Å²) < 4.78 is 13.8. The van der Waals surface area contributed by atoms with Gasteiger partial charge in [-0.2, -0.15) is 0 Å². The fraction of sp³-hybridized carbons (Fsp3) is 0.333. The summed E-state index contributed by atoms with van der Waals surface area (Å²) in [5, 5.41) is 9.77. The molecule has 3 rings (SSSR count). The maximum absolute atomic E-state index is 15.0. The number of aromatic amines is 1. The van der Waals surface area contributed by atoms with Crippen LogP contribution in [-0.4, -0.2) is 25.8 Å². The molecule has 2 heterocycles. The number of hydrogen-bond donors (Lipinski definition) is 2. The third kappa shape index (κ3) is 3.86. The lowest BCUT2D eigenvalue weighted by Crippen LogP contribution is -2.27. The minimum Gasteiger partial charge on any atom is -0.480 e. The number of halogens is 1. The van der Waals surface area contributed by atoms with E-state index in [4.69, 9.17) is 0 Å². The third-order valence-corrected chi connectivity index (χ3v) is 5.65. The molecule has 0 aliphatic carbocycles. The number of aromatic nitrogens is 2. The molecule has 6 heteroatoms. The van der Waals surface area contributed by atoms with E-state index < -0.39 is 16.5 Å². The SMILES string of the molecule is CC(C)(Sc1ncc2[nH]c(-c3cccc(C(C)(C)C)c3)cc2c1F)C(=O)O. The molecular formula is C21H23FN2O2S. The van der Waals surface area contributed by atoms with Crippen molar-refractivity contribution in [2.75, 3.05) is 0 Å². The Hall–Kier alpha value is -2.34. The van der Waals surface area contributed by atoms with Crippen molar-refractivity contribution in [1.82, 2.24) is 9.97 Å². The molecule has 0 unspecified atom stereocenters. The first-order valence-corrected chi connectivity index (χ1v) is 9.51. The Morgan fingerprint density at radius 1 is 1.19 bits per heavy atom. The van der Waals surface area contributed by atoms with Gasteiger partial charge >= 0.3 is 5.97 Å². The zero-order chi connectivity index (χ0) is 20.0. The minimum atomic E-state index is -1.16. The van der Waals surface area contributed by atoms with Crippen molar-refractivity contribution in [3.05, 3.63) is 47.9 Å². The first-order chi connectivity index (χ1) is 12.5. The Kier molecular flexibility index (Phi) is 4.80. The number of carboxylic acids is 1. The highest BCUT2D eigenvalue weighted by atomic mass is 32.2. The van der Waals surface area contributed by atoms with E-state index in [0.29, 0.717) is 10.9 Å². The molecule has 0 radical (unpaired) electrons. The van der Waals surface area contributed by atoms with Crippen molar-refractivity contribution >= 4 is 28.6 Å². The van der Waals surface area contributed by atoms with Crippen LogP contribution in [0.15, 0.2) is 41.6 Å². The van der Waals surface area contributed by atoms with E-state index in [1.807, 2.05) is 12.1 Å². The fourth-order valence-corrected chi connectivity index (χ4v) is 3.59. The summed E-state index contributed by atoms with van der Waals surface area (Å²) >= 11 is 0.907. The first-order valence-electron chi connectivity index (χ1n) is 8.69. The Labute approximate surface area is 162 Å². The van der Waals surface area contributed by atoms with Crippen molar-refractivity contribution in [1.29, 1.82) is 0 Å². The molecule has 4 nitrogen and oxygen atoms in total. The molecule has 0 bridgehead atoms. The zero-order valence-corrected chi connectivity index (χ0v) is 16.9. The van der Waals surface area contributed by atoms with Gasteiger partial charge in [0.1, 0.15) is 9.77 Å². The van der Waals surface area contributed by atoms with Crippen LogP contribution in [0.3, 0.4) is 0 Å². The summed E-state index contributed by atoms with van der Waals surface area (Å²) in [6.45, 7) is 9.51. The Morgan fingerprint density at radius 2 is 1.89 bits per heavy atom. The molecule has 0 spiro atoms. The minimum absolute atomic E-state index is 0.0149. The van der Waals surface area contributed by atoms with Gasteiger partial charge in [-0.25, -0.2) is 9.37 Å². The van der Waals surface area contributed by atoms with Crippen LogP contribution in [-0.2, 0) is 10.2 Å². The Balaban J connectivity index is 2.04. The van der Waals surface area contributed by atoms with Gasteiger partial charge in [0, 0.05) is 11.1 Å². The Bertz CT molecular complexity index is 1020. The van der Waals surface area contributed by atoms with Crippen LogP contribution in [0.25, 0.3) is 22.2 Å². The van der Waals surface area contributed by atoms with Gasteiger partial charge in [-0.15, -0.1) is 0 Å². The molecular weight excluding hydrogens is 363 g/mol. The van der Waals surface area contributed by atoms with E-state index in [2.05, 4.69) is 42.9 Å². The summed E-state index contributed by atoms with van der Waals surface area (Å²) in [5.74, 6) is -1.51. The number of rotatable bonds is 4. The number of hydrogen-bond acceptors (Lipinski definition) is 3. The zero-order valence-electron chi connectivity index (χ0n) is 16.1. The molecule has 0 saturated carbocycles. The normalized spacial score (nSPS) is 12.5. The van der Waals surface area contributed by atoms with Gasteiger partial charge in [-0.05, 0) is 42.5 Å². The Morgan fingerprint density at radius 3 is 2.52 bits per heavy atom. The topological polar surface area (TPSA) is 66.0 Å². The quantitative estimate of drug-likeness (QED) is 0.571. The third-order valence-electron chi connectivity index (χ3n) is 4.49. The van der Waals surface area contributed by atoms with Crippen LogP contribution in [0.1, 0.15) is 40.2 Å². The van der Waals surface area contributed by atoms with Crippen molar-refractivity contribution in [2.45, 2.75) is 49.8 Å². The van der Waals surface area contributed by atoms with Gasteiger partial charge in [0.05, 0.1) is 11.7 Å². The highest BCUT2D eigenvalue weighted by molar-refractivity contribution is 8.01. The molecule has 0 fully saturated rings. The van der Waals surface area contributed by atoms with Crippen molar-refractivity contribution in [3.63, 3.8) is 0 Å². The summed E-state index contributed by atoms with van der Waals surface area (Å²) in [6, 6.07) is 9.91. The monoisotopic (exact) mass is 386 g/mol. The molecule has 0 aliphatic heterocycles. The van der Waals surface area contributed by atoms with Crippen LogP contribution in [0.5, 0.6) is 0 Å². The van der Waals surface area contributed by atoms with Crippen LogP contribution < -0.4 is 0 Å². The number of nitrogens with one attached hydrogen (secondary N) is 1. The molecule has 1 aromatic carbocycles. The smallest absolute Gasteiger partial charge is 0.319 e. The summed E-state index contributed by atoms with van der Waals surface area (Å²) in [4.78, 5) is 18.7. The second kappa shape index (κ2) is 6.68. The van der Waals surface area contributed by atoms with Gasteiger partial charge in [0.25, 0.3) is 0 Å². The van der Waals surface area contributed by atoms with E-state index in [9.17, 15) is 14.3 Å². The van der Waals surface area contributed by atoms with E-state index in [1.54, 1.807) is 12.3 Å². The molecule has 3 aromatic rings.